The van der Waals surface area contributed by atoms with Crippen LogP contribution in [0.5, 0.6) is 0 Å². The minimum atomic E-state index is 0.912. The second-order valence-electron chi connectivity index (χ2n) is 6.57. The van der Waals surface area contributed by atoms with Gasteiger partial charge in [0.25, 0.3) is 0 Å². The van der Waals surface area contributed by atoms with Gasteiger partial charge < -0.3 is 4.90 Å². The second kappa shape index (κ2) is 14.5. The van der Waals surface area contributed by atoms with Crippen molar-refractivity contribution in [3.63, 3.8) is 0 Å². The van der Waals surface area contributed by atoms with Gasteiger partial charge in [0, 0.05) is 25.5 Å². The average Bonchev–Trinajstić information content (AvgIpc) is 2.60. The lowest BCUT2D eigenvalue weighted by atomic mass is 10.1. The zero-order valence-corrected chi connectivity index (χ0v) is 15.5. The van der Waals surface area contributed by atoms with Gasteiger partial charge in [0.1, 0.15) is 0 Å². The summed E-state index contributed by atoms with van der Waals surface area (Å²) in [6.07, 6.45) is 19.8. The normalized spacial score (nSPS) is 10.9. The van der Waals surface area contributed by atoms with Crippen LogP contribution in [0.4, 0.5) is 5.95 Å². The molecule has 1 aromatic heterocycles. The highest BCUT2D eigenvalue weighted by Gasteiger charge is 2.08. The summed E-state index contributed by atoms with van der Waals surface area (Å²) in [5, 5.41) is 0. The lowest BCUT2D eigenvalue weighted by Gasteiger charge is -2.22. The van der Waals surface area contributed by atoms with Crippen LogP contribution in [0.3, 0.4) is 0 Å². The van der Waals surface area contributed by atoms with E-state index in [4.69, 9.17) is 0 Å². The highest BCUT2D eigenvalue weighted by atomic mass is 15.2. The molecule has 0 amide bonds. The minimum absolute atomic E-state index is 0.912. The number of unbranched alkanes of at least 4 members (excludes halogenated alkanes) is 10. The molecule has 0 unspecified atom stereocenters. The van der Waals surface area contributed by atoms with Crippen LogP contribution in [-0.4, -0.2) is 23.1 Å². The fraction of sp³-hybridized carbons (Fsp3) is 0.800. The van der Waals surface area contributed by atoms with Crippen molar-refractivity contribution >= 4 is 5.95 Å². The summed E-state index contributed by atoms with van der Waals surface area (Å²) in [5.74, 6) is 0.912. The maximum absolute atomic E-state index is 4.45. The zero-order chi connectivity index (χ0) is 16.6. The van der Waals surface area contributed by atoms with Gasteiger partial charge in [0.15, 0.2) is 0 Å². The zero-order valence-electron chi connectivity index (χ0n) is 15.5. The third kappa shape index (κ3) is 10.3. The number of anilines is 1. The highest BCUT2D eigenvalue weighted by molar-refractivity contribution is 5.27. The van der Waals surface area contributed by atoms with Crippen molar-refractivity contribution in [3.05, 3.63) is 18.5 Å². The molecular formula is C20H37N3. The fourth-order valence-corrected chi connectivity index (χ4v) is 2.93. The largest absolute Gasteiger partial charge is 0.341 e. The van der Waals surface area contributed by atoms with E-state index in [1.54, 1.807) is 0 Å². The van der Waals surface area contributed by atoms with Gasteiger partial charge >= 0.3 is 0 Å². The molecule has 0 radical (unpaired) electrons. The van der Waals surface area contributed by atoms with Gasteiger partial charge in [-0.2, -0.15) is 0 Å². The third-order valence-corrected chi connectivity index (χ3v) is 4.40. The molecule has 132 valence electrons. The molecule has 0 fully saturated rings. The summed E-state index contributed by atoms with van der Waals surface area (Å²) < 4.78 is 0. The molecule has 0 atom stereocenters. The van der Waals surface area contributed by atoms with E-state index < -0.39 is 0 Å². The lowest BCUT2D eigenvalue weighted by molar-refractivity contribution is 0.570. The molecular weight excluding hydrogens is 282 g/mol. The molecule has 0 aliphatic rings. The number of nitrogens with zero attached hydrogens (tertiary/aromatic N) is 3. The number of rotatable bonds is 15. The van der Waals surface area contributed by atoms with E-state index >= 15 is 0 Å². The van der Waals surface area contributed by atoms with E-state index in [1.165, 1.54) is 77.0 Å². The van der Waals surface area contributed by atoms with Crippen LogP contribution < -0.4 is 4.90 Å². The van der Waals surface area contributed by atoms with Crippen LogP contribution in [0.15, 0.2) is 18.5 Å². The van der Waals surface area contributed by atoms with Crippen molar-refractivity contribution in [1.29, 1.82) is 0 Å². The van der Waals surface area contributed by atoms with Gasteiger partial charge in [-0.15, -0.1) is 0 Å². The molecule has 23 heavy (non-hydrogen) atoms. The Hall–Kier alpha value is -1.12. The van der Waals surface area contributed by atoms with Gasteiger partial charge in [0.05, 0.1) is 0 Å². The summed E-state index contributed by atoms with van der Waals surface area (Å²) in [4.78, 5) is 11.3. The molecule has 0 N–H and O–H groups in total. The fourth-order valence-electron chi connectivity index (χ4n) is 2.93. The number of aromatic nitrogens is 2. The molecule has 0 aliphatic carbocycles. The second-order valence-corrected chi connectivity index (χ2v) is 6.57. The van der Waals surface area contributed by atoms with Crippen LogP contribution in [0.2, 0.25) is 0 Å². The van der Waals surface area contributed by atoms with E-state index in [9.17, 15) is 0 Å². The maximum Gasteiger partial charge on any atom is 0.225 e. The van der Waals surface area contributed by atoms with E-state index in [-0.39, 0.29) is 0 Å². The van der Waals surface area contributed by atoms with Crippen LogP contribution in [0, 0.1) is 0 Å². The SMILES string of the molecule is CCCCCCCCN(CCCCCCCC)c1ncccn1. The predicted molar refractivity (Wildman–Crippen MR) is 101 cm³/mol. The minimum Gasteiger partial charge on any atom is -0.341 e. The Kier molecular flexibility index (Phi) is 12.5. The molecule has 0 aromatic carbocycles. The maximum atomic E-state index is 4.45. The summed E-state index contributed by atoms with van der Waals surface area (Å²) in [6.45, 7) is 6.75. The van der Waals surface area contributed by atoms with E-state index in [2.05, 4.69) is 28.7 Å². The van der Waals surface area contributed by atoms with Crippen LogP contribution in [-0.2, 0) is 0 Å². The Bertz CT molecular complexity index is 337. The molecule has 1 heterocycles. The van der Waals surface area contributed by atoms with Crippen LogP contribution >= 0.6 is 0 Å². The lowest BCUT2D eigenvalue weighted by Crippen LogP contribution is -2.27. The Labute approximate surface area is 143 Å². The molecule has 0 bridgehead atoms. The number of hydrogen-bond acceptors (Lipinski definition) is 3. The van der Waals surface area contributed by atoms with Gasteiger partial charge in [0.2, 0.25) is 5.95 Å². The summed E-state index contributed by atoms with van der Waals surface area (Å²) in [5.41, 5.74) is 0. The predicted octanol–water partition coefficient (Wildman–Crippen LogP) is 6.00. The van der Waals surface area contributed by atoms with E-state index in [0.717, 1.165) is 19.0 Å². The molecule has 3 nitrogen and oxygen atoms in total. The summed E-state index contributed by atoms with van der Waals surface area (Å²) in [7, 11) is 0. The van der Waals surface area contributed by atoms with Gasteiger partial charge in [-0.25, -0.2) is 9.97 Å². The number of hydrogen-bond donors (Lipinski definition) is 0. The third-order valence-electron chi connectivity index (χ3n) is 4.40. The summed E-state index contributed by atoms with van der Waals surface area (Å²) in [6, 6.07) is 1.90. The van der Waals surface area contributed by atoms with Crippen molar-refractivity contribution in [2.75, 3.05) is 18.0 Å². The smallest absolute Gasteiger partial charge is 0.225 e. The van der Waals surface area contributed by atoms with E-state index in [1.807, 2.05) is 18.5 Å². The molecule has 0 saturated carbocycles. The van der Waals surface area contributed by atoms with Crippen LogP contribution in [0.1, 0.15) is 90.9 Å². The first-order valence-electron chi connectivity index (χ1n) is 9.90. The summed E-state index contributed by atoms with van der Waals surface area (Å²) >= 11 is 0. The van der Waals surface area contributed by atoms with Crippen LogP contribution in [0.25, 0.3) is 0 Å². The molecule has 1 rings (SSSR count). The van der Waals surface area contributed by atoms with E-state index in [0.29, 0.717) is 0 Å². The molecule has 0 saturated heterocycles. The van der Waals surface area contributed by atoms with Crippen molar-refractivity contribution in [3.8, 4) is 0 Å². The van der Waals surface area contributed by atoms with Crippen molar-refractivity contribution in [1.82, 2.24) is 9.97 Å². The first-order chi connectivity index (χ1) is 11.4. The Morgan fingerprint density at radius 1 is 0.652 bits per heavy atom. The Morgan fingerprint density at radius 2 is 1.09 bits per heavy atom. The molecule has 0 aliphatic heterocycles. The first-order valence-corrected chi connectivity index (χ1v) is 9.90. The monoisotopic (exact) mass is 319 g/mol. The highest BCUT2D eigenvalue weighted by Crippen LogP contribution is 2.12. The van der Waals surface area contributed by atoms with Crippen molar-refractivity contribution < 1.29 is 0 Å². The Morgan fingerprint density at radius 3 is 1.57 bits per heavy atom. The van der Waals surface area contributed by atoms with Gasteiger partial charge in [-0.3, -0.25) is 0 Å². The molecule has 0 spiro atoms. The molecule has 3 heteroatoms. The van der Waals surface area contributed by atoms with Gasteiger partial charge in [-0.05, 0) is 18.9 Å². The quantitative estimate of drug-likeness (QED) is 0.371. The standard InChI is InChI=1S/C20H37N3/c1-3-5-7-9-11-13-18-23(20-21-16-15-17-22-20)19-14-12-10-8-6-4-2/h15-17H,3-14,18-19H2,1-2H3. The first kappa shape index (κ1) is 19.9. The van der Waals surface area contributed by atoms with Crippen molar-refractivity contribution in [2.45, 2.75) is 90.9 Å². The average molecular weight is 320 g/mol. The Balaban J connectivity index is 2.26. The van der Waals surface area contributed by atoms with Crippen molar-refractivity contribution in [2.24, 2.45) is 0 Å². The topological polar surface area (TPSA) is 29.0 Å². The molecule has 1 aromatic rings. The van der Waals surface area contributed by atoms with Gasteiger partial charge in [-0.1, -0.05) is 78.1 Å².